The molecular weight excluding hydrogens is 304 g/mol. The van der Waals surface area contributed by atoms with Crippen molar-refractivity contribution in [1.29, 1.82) is 0 Å². The Labute approximate surface area is 124 Å². The zero-order valence-corrected chi connectivity index (χ0v) is 12.2. The normalized spacial score (nSPS) is 12.4. The van der Waals surface area contributed by atoms with Gasteiger partial charge in [0.25, 0.3) is 0 Å². The van der Waals surface area contributed by atoms with Crippen molar-refractivity contribution in [3.63, 3.8) is 0 Å². The smallest absolute Gasteiger partial charge is 0.153 e. The maximum absolute atomic E-state index is 13.1. The average molecular weight is 316 g/mol. The molecule has 0 fully saturated rings. The van der Waals surface area contributed by atoms with Crippen LogP contribution in [0.1, 0.15) is 17.3 Å². The van der Waals surface area contributed by atoms with E-state index < -0.39 is 17.7 Å². The molecule has 2 aromatic rings. The molecule has 0 aliphatic heterocycles. The summed E-state index contributed by atoms with van der Waals surface area (Å²) in [5.41, 5.74) is 6.84. The van der Waals surface area contributed by atoms with Crippen LogP contribution in [0.15, 0.2) is 29.4 Å². The summed E-state index contributed by atoms with van der Waals surface area (Å²) in [6.45, 7) is 0. The first kappa shape index (κ1) is 15.2. The number of aromatic nitrogens is 2. The van der Waals surface area contributed by atoms with Gasteiger partial charge in [-0.05, 0) is 30.4 Å². The molecule has 1 atom stereocenters. The largest absolute Gasteiger partial charge is 0.322 e. The predicted octanol–water partition coefficient (Wildman–Crippen LogP) is 3.37. The van der Waals surface area contributed by atoms with E-state index in [4.69, 9.17) is 17.3 Å². The van der Waals surface area contributed by atoms with Gasteiger partial charge in [-0.2, -0.15) is 0 Å². The first-order chi connectivity index (χ1) is 9.49. The lowest BCUT2D eigenvalue weighted by Gasteiger charge is -2.13. The minimum absolute atomic E-state index is 0.209. The summed E-state index contributed by atoms with van der Waals surface area (Å²) in [6.07, 6.45) is 3.65. The number of thioether (sulfide) groups is 1. The van der Waals surface area contributed by atoms with Crippen LogP contribution in [0.2, 0.25) is 5.15 Å². The first-order valence-corrected chi connectivity index (χ1v) is 7.37. The van der Waals surface area contributed by atoms with Crippen LogP contribution >= 0.6 is 23.4 Å². The van der Waals surface area contributed by atoms with Gasteiger partial charge < -0.3 is 5.73 Å². The fourth-order valence-corrected chi connectivity index (χ4v) is 2.46. The Morgan fingerprint density at radius 2 is 1.95 bits per heavy atom. The van der Waals surface area contributed by atoms with Crippen molar-refractivity contribution in [2.75, 3.05) is 6.26 Å². The second-order valence-corrected chi connectivity index (χ2v) is 5.36. The second kappa shape index (κ2) is 6.47. The van der Waals surface area contributed by atoms with Crippen LogP contribution in [0.3, 0.4) is 0 Å². The summed E-state index contributed by atoms with van der Waals surface area (Å²) in [7, 11) is 0. The van der Waals surface area contributed by atoms with Crippen molar-refractivity contribution < 1.29 is 8.78 Å². The predicted molar refractivity (Wildman–Crippen MR) is 75.8 cm³/mol. The molecule has 0 saturated carbocycles. The van der Waals surface area contributed by atoms with E-state index in [9.17, 15) is 8.78 Å². The van der Waals surface area contributed by atoms with Crippen molar-refractivity contribution in [3.8, 4) is 0 Å². The van der Waals surface area contributed by atoms with Gasteiger partial charge in [-0.1, -0.05) is 11.6 Å². The fourth-order valence-electron chi connectivity index (χ4n) is 1.79. The van der Waals surface area contributed by atoms with Gasteiger partial charge in [0.1, 0.15) is 16.7 Å². The van der Waals surface area contributed by atoms with E-state index in [1.807, 2.05) is 6.26 Å². The Hall–Kier alpha value is -1.24. The highest BCUT2D eigenvalue weighted by Gasteiger charge is 2.15. The first-order valence-electron chi connectivity index (χ1n) is 5.76. The van der Waals surface area contributed by atoms with Gasteiger partial charge in [0.2, 0.25) is 0 Å². The fraction of sp³-hybridized carbons (Fsp3) is 0.231. The van der Waals surface area contributed by atoms with Gasteiger partial charge in [-0.25, -0.2) is 13.8 Å². The molecule has 2 N–H and O–H groups in total. The molecule has 106 valence electrons. The van der Waals surface area contributed by atoms with Crippen molar-refractivity contribution in [3.05, 3.63) is 52.4 Å². The van der Waals surface area contributed by atoms with Gasteiger partial charge in [0.05, 0.1) is 17.9 Å². The van der Waals surface area contributed by atoms with E-state index in [0.29, 0.717) is 16.3 Å². The van der Waals surface area contributed by atoms with E-state index in [0.717, 1.165) is 6.07 Å². The van der Waals surface area contributed by atoms with E-state index in [1.165, 1.54) is 23.9 Å². The highest BCUT2D eigenvalue weighted by molar-refractivity contribution is 7.98. The molecule has 0 radical (unpaired) electrons. The second-order valence-electron chi connectivity index (χ2n) is 4.18. The molecule has 0 saturated heterocycles. The maximum atomic E-state index is 13.1. The summed E-state index contributed by atoms with van der Waals surface area (Å²) in [5, 5.41) is 0.893. The number of benzene rings is 1. The monoisotopic (exact) mass is 315 g/mol. The summed E-state index contributed by atoms with van der Waals surface area (Å²) < 4.78 is 26.2. The molecular formula is C13H12ClF2N3S. The number of halogens is 3. The molecule has 2 rings (SSSR count). The standard InChI is InChI=1S/C13H12ClF2N3S/c1-20-11-6-18-12(13(14)19-11)10(17)4-7-2-8(15)5-9(16)3-7/h2-3,5-6,10H,4,17H2,1H3. The Bertz CT molecular complexity index is 604. The van der Waals surface area contributed by atoms with Gasteiger partial charge in [-0.15, -0.1) is 11.8 Å². The minimum atomic E-state index is -0.637. The van der Waals surface area contributed by atoms with Crippen molar-refractivity contribution >= 4 is 23.4 Å². The number of nitrogens with zero attached hydrogens (tertiary/aromatic N) is 2. The molecule has 0 spiro atoms. The van der Waals surface area contributed by atoms with Crippen molar-refractivity contribution in [1.82, 2.24) is 9.97 Å². The van der Waals surface area contributed by atoms with E-state index >= 15 is 0 Å². The SMILES string of the molecule is CSc1cnc(C(N)Cc2cc(F)cc(F)c2)c(Cl)n1. The van der Waals surface area contributed by atoms with Gasteiger partial charge in [0.15, 0.2) is 5.15 Å². The van der Waals surface area contributed by atoms with Crippen LogP contribution < -0.4 is 5.73 Å². The molecule has 0 bridgehead atoms. The topological polar surface area (TPSA) is 51.8 Å². The maximum Gasteiger partial charge on any atom is 0.153 e. The van der Waals surface area contributed by atoms with Crippen LogP contribution in [0.5, 0.6) is 0 Å². The summed E-state index contributed by atoms with van der Waals surface area (Å²) >= 11 is 7.43. The summed E-state index contributed by atoms with van der Waals surface area (Å²) in [4.78, 5) is 8.29. The quantitative estimate of drug-likeness (QED) is 0.879. The molecule has 20 heavy (non-hydrogen) atoms. The van der Waals surface area contributed by atoms with Crippen molar-refractivity contribution in [2.45, 2.75) is 17.5 Å². The van der Waals surface area contributed by atoms with E-state index in [1.54, 1.807) is 6.20 Å². The highest BCUT2D eigenvalue weighted by Crippen LogP contribution is 2.23. The van der Waals surface area contributed by atoms with Crippen LogP contribution in [-0.2, 0) is 6.42 Å². The zero-order valence-electron chi connectivity index (χ0n) is 10.6. The Balaban J connectivity index is 2.21. The zero-order chi connectivity index (χ0) is 14.7. The number of hydrogen-bond donors (Lipinski definition) is 1. The molecule has 0 aliphatic carbocycles. The highest BCUT2D eigenvalue weighted by atomic mass is 35.5. The molecule has 1 unspecified atom stereocenters. The number of hydrogen-bond acceptors (Lipinski definition) is 4. The van der Waals surface area contributed by atoms with Gasteiger partial charge in [0, 0.05) is 6.07 Å². The lowest BCUT2D eigenvalue weighted by molar-refractivity contribution is 0.575. The third-order valence-electron chi connectivity index (χ3n) is 2.67. The number of nitrogens with two attached hydrogens (primary N) is 1. The lowest BCUT2D eigenvalue weighted by atomic mass is 10.0. The molecule has 0 amide bonds. The van der Waals surface area contributed by atoms with Gasteiger partial charge >= 0.3 is 0 Å². The molecule has 1 heterocycles. The molecule has 1 aromatic heterocycles. The number of rotatable bonds is 4. The van der Waals surface area contributed by atoms with Gasteiger partial charge in [-0.3, -0.25) is 4.98 Å². The summed E-state index contributed by atoms with van der Waals surface area (Å²) in [6, 6.07) is 2.71. The van der Waals surface area contributed by atoms with E-state index in [2.05, 4.69) is 9.97 Å². The molecule has 7 heteroatoms. The van der Waals surface area contributed by atoms with Crippen LogP contribution in [-0.4, -0.2) is 16.2 Å². The average Bonchev–Trinajstić information content (AvgIpc) is 2.36. The van der Waals surface area contributed by atoms with E-state index in [-0.39, 0.29) is 11.6 Å². The molecule has 3 nitrogen and oxygen atoms in total. The van der Waals surface area contributed by atoms with Crippen LogP contribution in [0, 0.1) is 11.6 Å². The van der Waals surface area contributed by atoms with Crippen molar-refractivity contribution in [2.24, 2.45) is 5.73 Å². The minimum Gasteiger partial charge on any atom is -0.322 e. The Kier molecular flexibility index (Phi) is 4.91. The Morgan fingerprint density at radius 3 is 2.50 bits per heavy atom. The third kappa shape index (κ3) is 3.65. The molecule has 1 aromatic carbocycles. The Morgan fingerprint density at radius 1 is 1.30 bits per heavy atom. The van der Waals surface area contributed by atoms with Crippen LogP contribution in [0.4, 0.5) is 8.78 Å². The van der Waals surface area contributed by atoms with Crippen LogP contribution in [0.25, 0.3) is 0 Å². The lowest BCUT2D eigenvalue weighted by Crippen LogP contribution is -2.16. The molecule has 0 aliphatic rings. The summed E-state index contributed by atoms with van der Waals surface area (Å²) in [5.74, 6) is -1.27. The third-order valence-corrected chi connectivity index (χ3v) is 3.57.